The summed E-state index contributed by atoms with van der Waals surface area (Å²) >= 11 is 5.73. The molecule has 1 N–H and O–H groups in total. The van der Waals surface area contributed by atoms with Crippen LogP contribution in [0.2, 0.25) is 5.02 Å². The first-order valence-electron chi connectivity index (χ1n) is 3.01. The third-order valence-corrected chi connectivity index (χ3v) is 1.50. The third kappa shape index (κ3) is 1.60. The van der Waals surface area contributed by atoms with Gasteiger partial charge in [-0.3, -0.25) is 0 Å². The predicted molar refractivity (Wildman–Crippen MR) is 43.5 cm³/mol. The smallest absolute Gasteiger partial charge is 0.144 e. The molecule has 4 heteroatoms. The highest BCUT2D eigenvalue weighted by Gasteiger charge is 1.99. The van der Waals surface area contributed by atoms with Crippen molar-refractivity contribution in [3.05, 3.63) is 22.8 Å². The molecule has 0 amide bonds. The van der Waals surface area contributed by atoms with E-state index in [1.807, 2.05) is 6.07 Å². The normalized spacial score (nSPS) is 8.82. The molecule has 1 rings (SSSR count). The largest absolute Gasteiger partial charge is 0.372 e. The van der Waals surface area contributed by atoms with E-state index in [4.69, 9.17) is 16.9 Å². The van der Waals surface area contributed by atoms with Gasteiger partial charge in [-0.15, -0.1) is 0 Å². The van der Waals surface area contributed by atoms with Crippen molar-refractivity contribution in [1.29, 1.82) is 5.26 Å². The Bertz CT molecular complexity index is 303. The minimum Gasteiger partial charge on any atom is -0.372 e. The van der Waals surface area contributed by atoms with Crippen molar-refractivity contribution < 1.29 is 0 Å². The molecular formula is C7H6ClN3. The van der Waals surface area contributed by atoms with Crippen molar-refractivity contribution in [2.24, 2.45) is 0 Å². The van der Waals surface area contributed by atoms with E-state index >= 15 is 0 Å². The first-order valence-corrected chi connectivity index (χ1v) is 3.39. The van der Waals surface area contributed by atoms with Gasteiger partial charge in [-0.2, -0.15) is 5.26 Å². The zero-order chi connectivity index (χ0) is 8.27. The summed E-state index contributed by atoms with van der Waals surface area (Å²) in [5.41, 5.74) is 0.467. The molecule has 0 radical (unpaired) electrons. The van der Waals surface area contributed by atoms with Crippen LogP contribution in [0, 0.1) is 11.3 Å². The molecule has 0 aliphatic heterocycles. The van der Waals surface area contributed by atoms with Gasteiger partial charge in [0.25, 0.3) is 0 Å². The van der Waals surface area contributed by atoms with E-state index in [1.165, 1.54) is 6.20 Å². The van der Waals surface area contributed by atoms with Gasteiger partial charge in [-0.05, 0) is 6.07 Å². The van der Waals surface area contributed by atoms with Gasteiger partial charge in [0.15, 0.2) is 0 Å². The highest BCUT2D eigenvalue weighted by atomic mass is 35.5. The molecule has 0 saturated carbocycles. The van der Waals surface area contributed by atoms with Crippen molar-refractivity contribution in [1.82, 2.24) is 4.98 Å². The molecule has 0 fully saturated rings. The van der Waals surface area contributed by atoms with Gasteiger partial charge in [0.05, 0.1) is 10.6 Å². The van der Waals surface area contributed by atoms with Gasteiger partial charge < -0.3 is 5.32 Å². The standard InChI is InChI=1S/C7H6ClN3/c1-10-7-6(8)2-5(3-9)4-11-7/h2,4H,1H3,(H,10,11). The molecule has 0 bridgehead atoms. The number of hydrogen-bond donors (Lipinski definition) is 1. The second-order valence-electron chi connectivity index (χ2n) is 1.92. The topological polar surface area (TPSA) is 48.7 Å². The maximum absolute atomic E-state index is 8.46. The van der Waals surface area contributed by atoms with Crippen LogP contribution in [0.15, 0.2) is 12.3 Å². The zero-order valence-corrected chi connectivity index (χ0v) is 6.68. The average molecular weight is 168 g/mol. The number of pyridine rings is 1. The lowest BCUT2D eigenvalue weighted by molar-refractivity contribution is 1.27. The fourth-order valence-corrected chi connectivity index (χ4v) is 0.944. The Labute approximate surface area is 69.6 Å². The monoisotopic (exact) mass is 167 g/mol. The fourth-order valence-electron chi connectivity index (χ4n) is 0.683. The number of anilines is 1. The Morgan fingerprint density at radius 2 is 2.45 bits per heavy atom. The number of rotatable bonds is 1. The van der Waals surface area contributed by atoms with Gasteiger partial charge in [-0.1, -0.05) is 11.6 Å². The quantitative estimate of drug-likeness (QED) is 0.692. The van der Waals surface area contributed by atoms with Crippen LogP contribution < -0.4 is 5.32 Å². The summed E-state index contributed by atoms with van der Waals surface area (Å²) in [6, 6.07) is 3.51. The van der Waals surface area contributed by atoms with E-state index < -0.39 is 0 Å². The minimum atomic E-state index is 0.464. The molecule has 3 nitrogen and oxygen atoms in total. The summed E-state index contributed by atoms with van der Waals surface area (Å²) in [6.07, 6.45) is 1.47. The highest BCUT2D eigenvalue weighted by Crippen LogP contribution is 2.18. The van der Waals surface area contributed by atoms with Crippen molar-refractivity contribution >= 4 is 17.4 Å². The first-order chi connectivity index (χ1) is 5.27. The summed E-state index contributed by atoms with van der Waals surface area (Å²) in [4.78, 5) is 3.90. The van der Waals surface area contributed by atoms with Crippen molar-refractivity contribution in [2.45, 2.75) is 0 Å². The molecule has 56 valence electrons. The highest BCUT2D eigenvalue weighted by molar-refractivity contribution is 6.32. The van der Waals surface area contributed by atoms with E-state index in [0.717, 1.165) is 0 Å². The second kappa shape index (κ2) is 3.22. The van der Waals surface area contributed by atoms with Gasteiger partial charge in [-0.25, -0.2) is 4.98 Å². The van der Waals surface area contributed by atoms with Gasteiger partial charge >= 0.3 is 0 Å². The Balaban J connectivity index is 3.12. The Kier molecular flexibility index (Phi) is 2.29. The minimum absolute atomic E-state index is 0.464. The third-order valence-electron chi connectivity index (χ3n) is 1.21. The lowest BCUT2D eigenvalue weighted by atomic mass is 10.3. The Hall–Kier alpha value is -1.27. The maximum atomic E-state index is 8.46. The van der Waals surface area contributed by atoms with Crippen LogP contribution in [0.4, 0.5) is 5.82 Å². The van der Waals surface area contributed by atoms with E-state index in [2.05, 4.69) is 10.3 Å². The number of nitrogens with one attached hydrogen (secondary N) is 1. The van der Waals surface area contributed by atoms with Crippen molar-refractivity contribution in [3.8, 4) is 6.07 Å². The molecule has 0 spiro atoms. The van der Waals surface area contributed by atoms with E-state index in [9.17, 15) is 0 Å². The van der Waals surface area contributed by atoms with Crippen LogP contribution in [0.25, 0.3) is 0 Å². The molecule has 11 heavy (non-hydrogen) atoms. The number of nitriles is 1. The molecule has 0 saturated heterocycles. The molecule has 0 aliphatic carbocycles. The van der Waals surface area contributed by atoms with Crippen LogP contribution in [0.5, 0.6) is 0 Å². The summed E-state index contributed by atoms with van der Waals surface area (Å²) < 4.78 is 0. The van der Waals surface area contributed by atoms with Crippen LogP contribution in [-0.4, -0.2) is 12.0 Å². The molecular weight excluding hydrogens is 162 g/mol. The molecule has 0 aliphatic rings. The lowest BCUT2D eigenvalue weighted by Gasteiger charge is -1.99. The Morgan fingerprint density at radius 1 is 1.73 bits per heavy atom. The lowest BCUT2D eigenvalue weighted by Crippen LogP contribution is -1.93. The number of hydrogen-bond acceptors (Lipinski definition) is 3. The van der Waals surface area contributed by atoms with Crippen LogP contribution in [0.1, 0.15) is 5.56 Å². The van der Waals surface area contributed by atoms with Gasteiger partial charge in [0.2, 0.25) is 0 Å². The fraction of sp³-hybridized carbons (Fsp3) is 0.143. The summed E-state index contributed by atoms with van der Waals surface area (Å²) in [5, 5.41) is 11.7. The summed E-state index contributed by atoms with van der Waals surface area (Å²) in [6.45, 7) is 0. The SMILES string of the molecule is CNc1ncc(C#N)cc1Cl. The van der Waals surface area contributed by atoms with Gasteiger partial charge in [0, 0.05) is 13.2 Å². The van der Waals surface area contributed by atoms with Crippen molar-refractivity contribution in [2.75, 3.05) is 12.4 Å². The molecule has 1 heterocycles. The van der Waals surface area contributed by atoms with Crippen molar-refractivity contribution in [3.63, 3.8) is 0 Å². The van der Waals surface area contributed by atoms with E-state index in [-0.39, 0.29) is 0 Å². The first kappa shape index (κ1) is 7.83. The number of nitrogens with zero attached hydrogens (tertiary/aromatic N) is 2. The second-order valence-corrected chi connectivity index (χ2v) is 2.32. The molecule has 0 aromatic carbocycles. The summed E-state index contributed by atoms with van der Waals surface area (Å²) in [5.74, 6) is 0.589. The van der Waals surface area contributed by atoms with E-state index in [0.29, 0.717) is 16.4 Å². The average Bonchev–Trinajstić information content (AvgIpc) is 2.04. The van der Waals surface area contributed by atoms with Crippen LogP contribution in [-0.2, 0) is 0 Å². The molecule has 1 aromatic rings. The summed E-state index contributed by atoms with van der Waals surface area (Å²) in [7, 11) is 1.72. The maximum Gasteiger partial charge on any atom is 0.144 e. The van der Waals surface area contributed by atoms with E-state index in [1.54, 1.807) is 13.1 Å². The predicted octanol–water partition coefficient (Wildman–Crippen LogP) is 1.65. The Morgan fingerprint density at radius 3 is 2.91 bits per heavy atom. The molecule has 0 unspecified atom stereocenters. The zero-order valence-electron chi connectivity index (χ0n) is 5.93. The molecule has 0 atom stereocenters. The number of halogens is 1. The van der Waals surface area contributed by atoms with Crippen LogP contribution in [0.3, 0.4) is 0 Å². The number of aromatic nitrogens is 1. The van der Waals surface area contributed by atoms with Gasteiger partial charge in [0.1, 0.15) is 11.9 Å². The molecule has 1 aromatic heterocycles. The van der Waals surface area contributed by atoms with Crippen LogP contribution >= 0.6 is 11.6 Å².